The van der Waals surface area contributed by atoms with Crippen LogP contribution in [0.5, 0.6) is 5.75 Å². The van der Waals surface area contributed by atoms with Crippen LogP contribution in [0.15, 0.2) is 30.9 Å². The van der Waals surface area contributed by atoms with Gasteiger partial charge in [0.05, 0.1) is 0 Å². The predicted molar refractivity (Wildman–Crippen MR) is 70.8 cm³/mol. The minimum atomic E-state index is -5.14. The topological polar surface area (TPSA) is 144 Å². The van der Waals surface area contributed by atoms with Crippen LogP contribution in [-0.4, -0.2) is 44.5 Å². The molecule has 0 unspecified atom stereocenters. The maximum absolute atomic E-state index is 11.1. The van der Waals surface area contributed by atoms with E-state index in [-0.39, 0.29) is 15.8 Å². The summed E-state index contributed by atoms with van der Waals surface area (Å²) in [6, 6.07) is 3.71. The molecular formula is C11H14AsNO7. The van der Waals surface area contributed by atoms with E-state index in [1.807, 2.05) is 0 Å². The van der Waals surface area contributed by atoms with Crippen molar-refractivity contribution < 1.29 is 31.7 Å². The molecule has 1 aromatic rings. The quantitative estimate of drug-likeness (QED) is 0.273. The predicted octanol–water partition coefficient (Wildman–Crippen LogP) is -0.831. The fourth-order valence-electron chi connectivity index (χ4n) is 1.08. The summed E-state index contributed by atoms with van der Waals surface area (Å²) in [4.78, 5) is 20.0. The van der Waals surface area contributed by atoms with Crippen molar-refractivity contribution in [2.75, 3.05) is 5.32 Å². The van der Waals surface area contributed by atoms with Gasteiger partial charge in [-0.15, -0.1) is 0 Å². The number of aliphatic carboxylic acids is 1. The summed E-state index contributed by atoms with van der Waals surface area (Å²) in [5, 5.41) is 19.1. The van der Waals surface area contributed by atoms with E-state index in [0.29, 0.717) is 0 Å². The molecule has 0 aliphatic heterocycles. The van der Waals surface area contributed by atoms with Crippen LogP contribution >= 0.6 is 0 Å². The van der Waals surface area contributed by atoms with Gasteiger partial charge in [-0.25, -0.2) is 4.79 Å². The standard InChI is InChI=1S/C8H10AsNO5.C3H4O2/c1-5(11)10-8-6(9(13,14)15)3-2-4-7(8)12;1-2-3(4)5/h2-4,12H,1H3,(H,10,11)(H2,13,14,15);2H,1H2,(H,4,5). The Bertz CT molecular complexity index is 564. The van der Waals surface area contributed by atoms with Gasteiger partial charge >= 0.3 is 94.1 Å². The molecule has 0 radical (unpaired) electrons. The van der Waals surface area contributed by atoms with Crippen LogP contribution in [0.25, 0.3) is 0 Å². The average molecular weight is 347 g/mol. The normalized spacial score (nSPS) is 9.95. The van der Waals surface area contributed by atoms with Crippen molar-refractivity contribution in [1.29, 1.82) is 0 Å². The first-order valence-electron chi connectivity index (χ1n) is 5.10. The van der Waals surface area contributed by atoms with Crippen molar-refractivity contribution in [1.82, 2.24) is 0 Å². The van der Waals surface area contributed by atoms with Gasteiger partial charge in [-0.1, -0.05) is 6.58 Å². The number of anilines is 1. The van der Waals surface area contributed by atoms with E-state index in [9.17, 15) is 18.4 Å². The van der Waals surface area contributed by atoms with Gasteiger partial charge in [-0.05, 0) is 0 Å². The maximum atomic E-state index is 11.1. The number of amides is 1. The van der Waals surface area contributed by atoms with Gasteiger partial charge in [0.1, 0.15) is 0 Å². The third-order valence-electron chi connectivity index (χ3n) is 1.81. The molecule has 0 aromatic heterocycles. The average Bonchev–Trinajstić information content (AvgIpc) is 2.30. The molecule has 9 heteroatoms. The summed E-state index contributed by atoms with van der Waals surface area (Å²) in [7, 11) is 0. The van der Waals surface area contributed by atoms with Gasteiger partial charge in [-0.3, -0.25) is 0 Å². The molecule has 1 amide bonds. The van der Waals surface area contributed by atoms with Gasteiger partial charge in [0, 0.05) is 6.08 Å². The van der Waals surface area contributed by atoms with Crippen molar-refractivity contribution in [2.45, 2.75) is 6.92 Å². The number of carbonyl (C=O) groups is 2. The number of carboxylic acids is 1. The van der Waals surface area contributed by atoms with E-state index in [4.69, 9.17) is 13.3 Å². The molecule has 0 aliphatic rings. The summed E-state index contributed by atoms with van der Waals surface area (Å²) in [5.41, 5.74) is -0.225. The Hall–Kier alpha value is -2.02. The minimum absolute atomic E-state index is 0.225. The fraction of sp³-hybridized carbons (Fsp3) is 0.0909. The van der Waals surface area contributed by atoms with E-state index in [0.717, 1.165) is 6.08 Å². The first-order valence-corrected chi connectivity index (χ1v) is 8.49. The zero-order valence-electron chi connectivity index (χ0n) is 10.5. The van der Waals surface area contributed by atoms with Crippen molar-refractivity contribution >= 4 is 36.1 Å². The third kappa shape index (κ3) is 6.23. The summed E-state index contributed by atoms with van der Waals surface area (Å²) in [6.07, 6.45) is 0.833. The number of rotatable bonds is 3. The van der Waals surface area contributed by atoms with Crippen LogP contribution in [0.2, 0.25) is 0 Å². The molecule has 0 bridgehead atoms. The Kier molecular flexibility index (Phi) is 6.78. The number of hydrogen-bond acceptors (Lipinski definition) is 4. The second-order valence-electron chi connectivity index (χ2n) is 3.44. The molecule has 0 heterocycles. The van der Waals surface area contributed by atoms with Gasteiger partial charge in [0.15, 0.2) is 0 Å². The molecule has 0 saturated heterocycles. The molecule has 8 nitrogen and oxygen atoms in total. The summed E-state index contributed by atoms with van der Waals surface area (Å²) < 4.78 is 28.8. The van der Waals surface area contributed by atoms with Crippen LogP contribution in [0, 0.1) is 0 Å². The van der Waals surface area contributed by atoms with Crippen LogP contribution in [0.3, 0.4) is 0 Å². The van der Waals surface area contributed by atoms with Gasteiger partial charge in [0.2, 0.25) is 0 Å². The molecule has 0 aliphatic carbocycles. The Labute approximate surface area is 117 Å². The summed E-state index contributed by atoms with van der Waals surface area (Å²) in [5.74, 6) is -1.86. The Morgan fingerprint density at radius 1 is 1.35 bits per heavy atom. The van der Waals surface area contributed by atoms with Crippen LogP contribution in [-0.2, 0) is 13.3 Å². The van der Waals surface area contributed by atoms with E-state index < -0.39 is 26.0 Å². The van der Waals surface area contributed by atoms with Crippen LogP contribution in [0.4, 0.5) is 5.69 Å². The van der Waals surface area contributed by atoms with E-state index in [2.05, 4.69) is 11.9 Å². The van der Waals surface area contributed by atoms with E-state index in [1.165, 1.54) is 25.1 Å². The van der Waals surface area contributed by atoms with E-state index >= 15 is 0 Å². The SMILES string of the molecule is C=CC(=O)O.CC(=O)Nc1c(O)cccc1[As](=O)(O)O. The van der Waals surface area contributed by atoms with Crippen molar-refractivity contribution in [2.24, 2.45) is 0 Å². The monoisotopic (exact) mass is 347 g/mol. The van der Waals surface area contributed by atoms with Gasteiger partial charge in [-0.2, -0.15) is 0 Å². The van der Waals surface area contributed by atoms with Crippen molar-refractivity contribution in [3.63, 3.8) is 0 Å². The van der Waals surface area contributed by atoms with Crippen molar-refractivity contribution in [3.8, 4) is 5.75 Å². The van der Waals surface area contributed by atoms with Crippen LogP contribution in [0.1, 0.15) is 6.92 Å². The third-order valence-corrected chi connectivity index (χ3v) is 3.91. The number of carboxylic acid groups (broad SMARTS) is 1. The molecule has 1 rings (SSSR count). The molecule has 110 valence electrons. The molecule has 20 heavy (non-hydrogen) atoms. The first kappa shape index (κ1) is 18.0. The number of para-hydroxylation sites is 1. The zero-order valence-corrected chi connectivity index (χ0v) is 12.4. The Morgan fingerprint density at radius 2 is 1.85 bits per heavy atom. The van der Waals surface area contributed by atoms with Crippen LogP contribution < -0.4 is 9.67 Å². The number of carbonyl (C=O) groups excluding carboxylic acids is 1. The molecule has 1 aromatic carbocycles. The van der Waals surface area contributed by atoms with Gasteiger partial charge < -0.3 is 5.11 Å². The zero-order chi connectivity index (χ0) is 15.9. The second kappa shape index (κ2) is 7.54. The van der Waals surface area contributed by atoms with Gasteiger partial charge in [0.25, 0.3) is 0 Å². The summed E-state index contributed by atoms with van der Waals surface area (Å²) in [6.45, 7) is 4.14. The first-order chi connectivity index (χ1) is 9.09. The molecule has 0 spiro atoms. The second-order valence-corrected chi connectivity index (χ2v) is 6.73. The Balaban J connectivity index is 0.000000621. The summed E-state index contributed by atoms with van der Waals surface area (Å²) >= 11 is -5.14. The number of phenolic OH excluding ortho intramolecular Hbond substituents is 1. The molecule has 0 atom stereocenters. The Morgan fingerprint density at radius 3 is 2.20 bits per heavy atom. The molecule has 0 fully saturated rings. The number of phenols is 1. The number of hydrogen-bond donors (Lipinski definition) is 5. The number of benzene rings is 1. The molecular weight excluding hydrogens is 333 g/mol. The van der Waals surface area contributed by atoms with Crippen molar-refractivity contribution in [3.05, 3.63) is 30.9 Å². The number of nitrogens with one attached hydrogen (secondary N) is 1. The molecule has 0 saturated carbocycles. The molecule has 5 N–H and O–H groups in total. The van der Waals surface area contributed by atoms with E-state index in [1.54, 1.807) is 0 Å². The number of aromatic hydroxyl groups is 1. The fourth-order valence-corrected chi connectivity index (χ4v) is 2.63.